The van der Waals surface area contributed by atoms with Crippen LogP contribution >= 0.6 is 36.1 Å². The molecule has 0 atom stereocenters. The third kappa shape index (κ3) is 22.9. The molecule has 0 saturated heterocycles. The molecule has 6 rings (SSSR count). The van der Waals surface area contributed by atoms with Gasteiger partial charge in [-0.1, -0.05) is 24.3 Å². The molecule has 42 heteroatoms. The molecule has 0 unspecified atom stereocenters. The van der Waals surface area contributed by atoms with Crippen molar-refractivity contribution < 1.29 is 270 Å². The molecule has 76 heavy (non-hydrogen) atoms. The van der Waals surface area contributed by atoms with Crippen LogP contribution in [0.25, 0.3) is 12.2 Å². The summed E-state index contributed by atoms with van der Waals surface area (Å²) in [7, 11) is -12.8. The maximum atomic E-state index is 12.6. The average Bonchev–Trinajstić information content (AvgIpc) is 3.31. The molecule has 4 N–H and O–H groups in total. The van der Waals surface area contributed by atoms with E-state index in [2.05, 4.69) is 79.3 Å². The third-order valence-corrected chi connectivity index (χ3v) is 12.8. The zero-order valence-corrected chi connectivity index (χ0v) is 57.3. The third-order valence-electron chi connectivity index (χ3n) is 8.26. The van der Waals surface area contributed by atoms with E-state index in [9.17, 15) is 54.7 Å². The van der Waals surface area contributed by atoms with Gasteiger partial charge >= 0.3 is 189 Å². The minimum Gasteiger partial charge on any atom is -0.744 e. The van der Waals surface area contributed by atoms with Crippen molar-refractivity contribution in [3.8, 4) is 12.0 Å². The van der Waals surface area contributed by atoms with Gasteiger partial charge in [0.15, 0.2) is 0 Å². The Bertz CT molecular complexity index is 3270. The summed E-state index contributed by atoms with van der Waals surface area (Å²) in [5.74, 6) is -1.19. The number of nitrogens with one attached hydrogen (secondary N) is 4. The molecule has 4 aromatic carbocycles. The van der Waals surface area contributed by atoms with Crippen molar-refractivity contribution in [3.63, 3.8) is 0 Å². The Morgan fingerprint density at radius 2 is 0.921 bits per heavy atom. The summed E-state index contributed by atoms with van der Waals surface area (Å²) in [6.07, 6.45) is 2.61. The van der Waals surface area contributed by atoms with E-state index in [1.54, 1.807) is 0 Å². The predicted octanol–water partition coefficient (Wildman–Crippen LogP) is -16.4. The zero-order chi connectivity index (χ0) is 50.6. The number of anilines is 8. The number of hydrogen-bond acceptors (Lipinski definition) is 33. The molecule has 2 heterocycles. The van der Waals surface area contributed by atoms with Gasteiger partial charge in [-0.2, -0.15) is 42.9 Å². The van der Waals surface area contributed by atoms with Gasteiger partial charge < -0.3 is 60.2 Å². The van der Waals surface area contributed by atoms with Gasteiger partial charge in [-0.05, 0) is 71.8 Å². The normalized spacial score (nSPS) is 11.0. The first-order valence-electron chi connectivity index (χ1n) is 18.0. The fourth-order valence-corrected chi connectivity index (χ4v) is 8.59. The van der Waals surface area contributed by atoms with Crippen LogP contribution in [-0.4, -0.2) is 83.0 Å². The summed E-state index contributed by atoms with van der Waals surface area (Å²) in [5.41, 5.74) is -0.184. The molecule has 0 bridgehead atoms. The van der Waals surface area contributed by atoms with Gasteiger partial charge in [0.05, 0.1) is 81.3 Å². The quantitative estimate of drug-likeness (QED) is 0.0109. The second-order valence-corrected chi connectivity index (χ2v) is 18.9. The predicted molar refractivity (Wildman–Crippen MR) is 229 cm³/mol. The summed E-state index contributed by atoms with van der Waals surface area (Å²) < 4.78 is 132. The first-order valence-corrected chi connectivity index (χ1v) is 24.4. The first-order chi connectivity index (χ1) is 33.3. The van der Waals surface area contributed by atoms with E-state index in [1.165, 1.54) is 56.7 Å². The van der Waals surface area contributed by atoms with E-state index < -0.39 is 51.0 Å². The Kier molecular flexibility index (Phi) is 35.7. The van der Waals surface area contributed by atoms with Crippen LogP contribution in [0.4, 0.5) is 46.5 Å². The smallest absolute Gasteiger partial charge is 0.744 e. The van der Waals surface area contributed by atoms with Crippen LogP contribution in [0, 0.1) is 0 Å². The SMILES string of the molecule is COc1nc(Nc2ccc(/C=C/c3ccc(Nc4nc(Nc5cc(SOO[O-])ccc5S(=O)(=O)[O-])nc(OC)n4)cc3S(=O)(=O)[O-])c(SOO[O-])c2)nc(Nc2cc(S(=O)(=O)[O-])ccc2SOO[O-])n1.[Na+].[Na+].[Na+].[Na+].[Na+].[Na+]. The summed E-state index contributed by atoms with van der Waals surface area (Å²) in [6, 6.07) is 13.4. The Labute approximate surface area is 576 Å². The number of nitrogens with zero attached hydrogens (tertiary/aromatic N) is 6. The van der Waals surface area contributed by atoms with E-state index in [4.69, 9.17) is 9.47 Å². The van der Waals surface area contributed by atoms with Crippen LogP contribution in [-0.2, 0) is 58.5 Å². The molecule has 2 aromatic heterocycles. The van der Waals surface area contributed by atoms with Crippen LogP contribution in [0.3, 0.4) is 0 Å². The number of ether oxygens (including phenoxy) is 2. The Hall–Kier alpha value is -0.140. The molecule has 6 aromatic rings. The molecule has 0 fully saturated rings. The maximum absolute atomic E-state index is 12.6. The largest absolute Gasteiger partial charge is 1.00 e. The number of aromatic nitrogens is 6. The summed E-state index contributed by atoms with van der Waals surface area (Å²) in [4.78, 5) is 22.6. The Balaban J connectivity index is 0.00000937. The van der Waals surface area contributed by atoms with E-state index in [1.807, 2.05) is 0 Å². The molecule has 372 valence electrons. The van der Waals surface area contributed by atoms with Gasteiger partial charge in [0, 0.05) is 21.2 Å². The van der Waals surface area contributed by atoms with Gasteiger partial charge in [-0.15, -0.1) is 0 Å². The number of methoxy groups -OCH3 is 2. The standard InChI is InChI=1S/C34H30N10O20S6.6Na/c1-57-33-41-29(39-31(43-33)37-23-16-22(68(48,49)50)10-11-25(23)66-63-60-46)35-19-7-5-17(26(13-19)67-64-61-47)3-4-18-6-8-20(14-28(18)70(54,55)56)36-30-40-32(44-34(42-30)58-2)38-24-15-21(65-62-59-45)9-12-27(24)69(51,52)53;;;;;;/h3-16,45-47H,1-2H3,(H,48,49,50)(H,51,52,53)(H,54,55,56)(H2,35,37,39,41,43)(H2,36,38,40,42,44);;;;;;/q;6*+1/p-6/b4-3+;;;;;;. The molecule has 0 radical (unpaired) electrons. The van der Waals surface area contributed by atoms with Crippen LogP contribution in [0.5, 0.6) is 12.0 Å². The van der Waals surface area contributed by atoms with Gasteiger partial charge in [-0.3, -0.25) is 15.1 Å². The molecule has 0 amide bonds. The number of rotatable bonds is 24. The summed E-state index contributed by atoms with van der Waals surface area (Å²) in [5, 5.41) is 52.5. The van der Waals surface area contributed by atoms with Gasteiger partial charge in [0.1, 0.15) is 30.4 Å². The van der Waals surface area contributed by atoms with Crippen molar-refractivity contribution in [2.75, 3.05) is 35.5 Å². The first kappa shape index (κ1) is 75.9. The second-order valence-electron chi connectivity index (χ2n) is 12.6. The number of hydrogen-bond donors (Lipinski definition) is 4. The van der Waals surface area contributed by atoms with Crippen molar-refractivity contribution in [1.29, 1.82) is 0 Å². The summed E-state index contributed by atoms with van der Waals surface area (Å²) in [6.45, 7) is 0. The number of benzene rings is 4. The van der Waals surface area contributed by atoms with Gasteiger partial charge in [0.25, 0.3) is 0 Å². The summed E-state index contributed by atoms with van der Waals surface area (Å²) >= 11 is 1.17. The molecule has 0 spiro atoms. The molecular formula is C34H24N10Na6O20S6. The van der Waals surface area contributed by atoms with Crippen molar-refractivity contribution in [3.05, 3.63) is 83.9 Å². The monoisotopic (exact) mass is 1220 g/mol. The fourth-order valence-electron chi connectivity index (χ4n) is 5.45. The molecule has 30 nitrogen and oxygen atoms in total. The zero-order valence-electron chi connectivity index (χ0n) is 40.4. The van der Waals surface area contributed by atoms with Crippen LogP contribution in [0.15, 0.2) is 102 Å². The molecule has 0 aliphatic heterocycles. The van der Waals surface area contributed by atoms with Crippen molar-refractivity contribution in [1.82, 2.24) is 29.9 Å². The minimum atomic E-state index is -5.21. The van der Waals surface area contributed by atoms with E-state index in [-0.39, 0.29) is 256 Å². The maximum Gasteiger partial charge on any atom is 1.00 e. The Morgan fingerprint density at radius 1 is 0.461 bits per heavy atom. The molecule has 0 aliphatic carbocycles. The topological polar surface area (TPSA) is 440 Å². The second kappa shape index (κ2) is 35.8. The van der Waals surface area contributed by atoms with Gasteiger partial charge in [0.2, 0.25) is 23.8 Å². The fraction of sp³-hybridized carbons (Fsp3) is 0.0588. The van der Waals surface area contributed by atoms with Crippen LogP contribution in [0.1, 0.15) is 11.1 Å². The van der Waals surface area contributed by atoms with Crippen molar-refractivity contribution in [2.24, 2.45) is 0 Å². The Morgan fingerprint density at radius 3 is 1.42 bits per heavy atom. The van der Waals surface area contributed by atoms with E-state index >= 15 is 0 Å². The molecular weight excluding hydrogens is 1200 g/mol. The van der Waals surface area contributed by atoms with Crippen LogP contribution < -0.4 is 224 Å². The molecule has 0 saturated carbocycles. The average molecular weight is 1220 g/mol. The molecule has 0 aliphatic rings. The van der Waals surface area contributed by atoms with E-state index in [0.717, 1.165) is 42.5 Å². The van der Waals surface area contributed by atoms with Gasteiger partial charge in [-0.25, -0.2) is 25.3 Å². The van der Waals surface area contributed by atoms with Crippen molar-refractivity contribution >= 4 is 125 Å². The minimum absolute atomic E-state index is 0. The van der Waals surface area contributed by atoms with Crippen LogP contribution in [0.2, 0.25) is 0 Å². The van der Waals surface area contributed by atoms with E-state index in [0.29, 0.717) is 36.1 Å². The van der Waals surface area contributed by atoms with Crippen molar-refractivity contribution in [2.45, 2.75) is 29.4 Å².